The summed E-state index contributed by atoms with van der Waals surface area (Å²) in [4.78, 5) is 26.3. The van der Waals surface area contributed by atoms with Gasteiger partial charge in [0.2, 0.25) is 0 Å². The Balaban J connectivity index is 1.89. The molecule has 3 aromatic carbocycles. The molecule has 4 rings (SSSR count). The number of benzene rings is 3. The highest BCUT2D eigenvalue weighted by atomic mass is 79.9. The van der Waals surface area contributed by atoms with E-state index in [9.17, 15) is 18.4 Å². The topological polar surface area (TPSA) is 51.1 Å². The minimum absolute atomic E-state index is 0.0742. The molecular formula is C24H17BrF2N2O2. The van der Waals surface area contributed by atoms with Crippen LogP contribution in [0.3, 0.4) is 0 Å². The van der Waals surface area contributed by atoms with E-state index in [2.05, 4.69) is 21.2 Å². The minimum atomic E-state index is -0.910. The third-order valence-electron chi connectivity index (χ3n) is 5.18. The Morgan fingerprint density at radius 1 is 0.968 bits per heavy atom. The fourth-order valence-electron chi connectivity index (χ4n) is 3.38. The lowest BCUT2D eigenvalue weighted by atomic mass is 10.1. The first kappa shape index (κ1) is 20.9. The molecule has 0 atom stereocenters. The van der Waals surface area contributed by atoms with Crippen LogP contribution in [-0.4, -0.2) is 10.5 Å². The van der Waals surface area contributed by atoms with Crippen LogP contribution >= 0.6 is 15.9 Å². The van der Waals surface area contributed by atoms with Gasteiger partial charge >= 0.3 is 0 Å². The summed E-state index contributed by atoms with van der Waals surface area (Å²) < 4.78 is 29.1. The number of nitrogens with zero attached hydrogens (tertiary/aromatic N) is 1. The van der Waals surface area contributed by atoms with Crippen molar-refractivity contribution in [2.75, 3.05) is 5.32 Å². The van der Waals surface area contributed by atoms with E-state index in [1.54, 1.807) is 30.3 Å². The van der Waals surface area contributed by atoms with Crippen molar-refractivity contribution in [3.05, 3.63) is 104 Å². The number of aryl methyl sites for hydroxylation is 2. The molecule has 0 saturated heterocycles. The summed E-state index contributed by atoms with van der Waals surface area (Å²) in [5.41, 5.74) is 2.42. The summed E-state index contributed by atoms with van der Waals surface area (Å²) in [6.07, 6.45) is 1.44. The first-order chi connectivity index (χ1) is 14.8. The van der Waals surface area contributed by atoms with Crippen molar-refractivity contribution < 1.29 is 13.6 Å². The Bertz CT molecular complexity index is 1390. The predicted octanol–water partition coefficient (Wildman–Crippen LogP) is 5.90. The number of halogens is 3. The van der Waals surface area contributed by atoms with Crippen LogP contribution in [0.25, 0.3) is 16.5 Å². The third kappa shape index (κ3) is 3.88. The zero-order valence-corrected chi connectivity index (χ0v) is 18.3. The zero-order valence-electron chi connectivity index (χ0n) is 16.7. The first-order valence-electron chi connectivity index (χ1n) is 9.44. The molecular weight excluding hydrogens is 466 g/mol. The average Bonchev–Trinajstić information content (AvgIpc) is 2.73. The van der Waals surface area contributed by atoms with Gasteiger partial charge in [-0.05, 0) is 65.2 Å². The van der Waals surface area contributed by atoms with Gasteiger partial charge in [-0.1, -0.05) is 24.3 Å². The van der Waals surface area contributed by atoms with Crippen LogP contribution in [-0.2, 0) is 0 Å². The van der Waals surface area contributed by atoms with Crippen molar-refractivity contribution in [3.8, 4) is 5.69 Å². The minimum Gasteiger partial charge on any atom is -0.318 e. The average molecular weight is 483 g/mol. The quantitative estimate of drug-likeness (QED) is 0.395. The van der Waals surface area contributed by atoms with Crippen molar-refractivity contribution >= 4 is 38.3 Å². The second kappa shape index (κ2) is 8.07. The highest BCUT2D eigenvalue weighted by Gasteiger charge is 2.19. The monoisotopic (exact) mass is 482 g/mol. The van der Waals surface area contributed by atoms with E-state index >= 15 is 0 Å². The molecule has 4 aromatic rings. The van der Waals surface area contributed by atoms with E-state index in [1.165, 1.54) is 10.8 Å². The Labute approximate surface area is 185 Å². The molecule has 0 aliphatic rings. The van der Waals surface area contributed by atoms with Gasteiger partial charge in [-0.15, -0.1) is 0 Å². The molecule has 0 fully saturated rings. The standard InChI is InChI=1S/C24H17BrF2N2O2/c1-13-7-8-16(9-14(13)2)29-12-19(17-5-3-4-6-18(17)24(29)31)23(30)28-22-20(25)10-15(26)11-21(22)27/h3-12H,1-2H3,(H,28,30). The zero-order chi connectivity index (χ0) is 22.3. The molecule has 1 N–H and O–H groups in total. The molecule has 0 bridgehead atoms. The summed E-state index contributed by atoms with van der Waals surface area (Å²) in [7, 11) is 0. The molecule has 0 spiro atoms. The normalized spacial score (nSPS) is 11.0. The van der Waals surface area contributed by atoms with Crippen LogP contribution in [0, 0.1) is 25.5 Å². The molecule has 4 nitrogen and oxygen atoms in total. The van der Waals surface area contributed by atoms with Crippen LogP contribution in [0.4, 0.5) is 14.5 Å². The summed E-state index contributed by atoms with van der Waals surface area (Å²) in [5.74, 6) is -2.30. The Kier molecular flexibility index (Phi) is 5.45. The van der Waals surface area contributed by atoms with Gasteiger partial charge in [0.05, 0.1) is 11.3 Å². The van der Waals surface area contributed by atoms with E-state index in [0.29, 0.717) is 22.5 Å². The van der Waals surface area contributed by atoms with E-state index in [-0.39, 0.29) is 21.3 Å². The number of pyridine rings is 1. The highest BCUT2D eigenvalue weighted by molar-refractivity contribution is 9.10. The number of nitrogens with one attached hydrogen (secondary N) is 1. The van der Waals surface area contributed by atoms with Gasteiger partial charge in [-0.2, -0.15) is 0 Å². The van der Waals surface area contributed by atoms with E-state index in [1.807, 2.05) is 26.0 Å². The van der Waals surface area contributed by atoms with Gasteiger partial charge < -0.3 is 5.32 Å². The van der Waals surface area contributed by atoms with E-state index < -0.39 is 17.5 Å². The fourth-order valence-corrected chi connectivity index (χ4v) is 3.89. The van der Waals surface area contributed by atoms with Gasteiger partial charge in [-0.3, -0.25) is 14.2 Å². The second-order valence-corrected chi connectivity index (χ2v) is 8.08. The number of aromatic nitrogens is 1. The Morgan fingerprint density at radius 3 is 2.35 bits per heavy atom. The highest BCUT2D eigenvalue weighted by Crippen LogP contribution is 2.28. The fraction of sp³-hybridized carbons (Fsp3) is 0.0833. The van der Waals surface area contributed by atoms with Crippen LogP contribution < -0.4 is 10.9 Å². The first-order valence-corrected chi connectivity index (χ1v) is 10.2. The molecule has 31 heavy (non-hydrogen) atoms. The molecule has 156 valence electrons. The second-order valence-electron chi connectivity index (χ2n) is 7.23. The molecule has 0 radical (unpaired) electrons. The maximum atomic E-state index is 14.3. The smallest absolute Gasteiger partial charge is 0.262 e. The summed E-state index contributed by atoms with van der Waals surface area (Å²) >= 11 is 3.08. The van der Waals surface area contributed by atoms with Crippen molar-refractivity contribution in [2.45, 2.75) is 13.8 Å². The van der Waals surface area contributed by atoms with Gasteiger partial charge in [0.15, 0.2) is 5.82 Å². The number of hydrogen-bond acceptors (Lipinski definition) is 2. The Morgan fingerprint density at radius 2 is 1.68 bits per heavy atom. The van der Waals surface area contributed by atoms with Crippen molar-refractivity contribution in [3.63, 3.8) is 0 Å². The molecule has 1 heterocycles. The molecule has 0 saturated carbocycles. The van der Waals surface area contributed by atoms with E-state index in [0.717, 1.165) is 17.2 Å². The maximum absolute atomic E-state index is 14.3. The number of carbonyl (C=O) groups excluding carboxylic acids is 1. The van der Waals surface area contributed by atoms with Crippen molar-refractivity contribution in [1.82, 2.24) is 4.57 Å². The number of rotatable bonds is 3. The van der Waals surface area contributed by atoms with Gasteiger partial charge in [0, 0.05) is 33.2 Å². The summed E-state index contributed by atoms with van der Waals surface area (Å²) in [5, 5.41) is 3.28. The van der Waals surface area contributed by atoms with Gasteiger partial charge in [0.1, 0.15) is 5.82 Å². The lowest BCUT2D eigenvalue weighted by Crippen LogP contribution is -2.23. The number of hydrogen-bond donors (Lipinski definition) is 1. The molecule has 0 unspecified atom stereocenters. The van der Waals surface area contributed by atoms with Gasteiger partial charge in [-0.25, -0.2) is 8.78 Å². The maximum Gasteiger partial charge on any atom is 0.262 e. The van der Waals surface area contributed by atoms with E-state index in [4.69, 9.17) is 0 Å². The van der Waals surface area contributed by atoms with Gasteiger partial charge in [0.25, 0.3) is 11.5 Å². The van der Waals surface area contributed by atoms with Crippen molar-refractivity contribution in [2.24, 2.45) is 0 Å². The van der Waals surface area contributed by atoms with Crippen LogP contribution in [0.1, 0.15) is 21.5 Å². The molecule has 7 heteroatoms. The number of fused-ring (bicyclic) bond motifs is 1. The predicted molar refractivity (Wildman–Crippen MR) is 121 cm³/mol. The lowest BCUT2D eigenvalue weighted by molar-refractivity contribution is 0.102. The molecule has 0 aliphatic carbocycles. The van der Waals surface area contributed by atoms with Crippen molar-refractivity contribution in [1.29, 1.82) is 0 Å². The molecule has 1 aromatic heterocycles. The Hall–Kier alpha value is -3.32. The number of anilines is 1. The largest absolute Gasteiger partial charge is 0.318 e. The summed E-state index contributed by atoms with van der Waals surface area (Å²) in [6.45, 7) is 3.91. The SMILES string of the molecule is Cc1ccc(-n2cc(C(=O)Nc3c(F)cc(F)cc3Br)c3ccccc3c2=O)cc1C. The number of carbonyl (C=O) groups is 1. The van der Waals surface area contributed by atoms with Crippen LogP contribution in [0.2, 0.25) is 0 Å². The number of amides is 1. The molecule has 1 amide bonds. The van der Waals surface area contributed by atoms with Crippen LogP contribution in [0.15, 0.2) is 70.1 Å². The molecule has 0 aliphatic heterocycles. The third-order valence-corrected chi connectivity index (χ3v) is 5.81. The summed E-state index contributed by atoms with van der Waals surface area (Å²) in [6, 6.07) is 14.0. The lowest BCUT2D eigenvalue weighted by Gasteiger charge is -2.14. The van der Waals surface area contributed by atoms with Crippen LogP contribution in [0.5, 0.6) is 0 Å².